The van der Waals surface area contributed by atoms with Gasteiger partial charge in [0.05, 0.1) is 5.02 Å². The summed E-state index contributed by atoms with van der Waals surface area (Å²) < 4.78 is 5.14. The van der Waals surface area contributed by atoms with Gasteiger partial charge in [-0.15, -0.1) is 0 Å². The van der Waals surface area contributed by atoms with Gasteiger partial charge in [-0.2, -0.15) is 0 Å². The van der Waals surface area contributed by atoms with Crippen molar-refractivity contribution in [1.82, 2.24) is 10.3 Å². The quantitative estimate of drug-likeness (QED) is 0.889. The lowest BCUT2D eigenvalue weighted by molar-refractivity contribution is 0.0523. The van der Waals surface area contributed by atoms with Crippen LogP contribution in [0, 0.1) is 0 Å². The van der Waals surface area contributed by atoms with Crippen LogP contribution in [-0.2, 0) is 11.3 Å². The predicted molar refractivity (Wildman–Crippen MR) is 81.5 cm³/mol. The third-order valence-electron chi connectivity index (χ3n) is 2.72. The second kappa shape index (κ2) is 5.77. The van der Waals surface area contributed by atoms with Crippen molar-refractivity contribution >= 4 is 28.6 Å². The number of nitrogens with one attached hydrogen (secondary N) is 1. The SMILES string of the molecule is CC(C)(C)OC(=O)NCc1cc(Cl)c2cccnc2c1O. The van der Waals surface area contributed by atoms with Gasteiger partial charge in [0.15, 0.2) is 0 Å². The number of carbonyl (C=O) groups excluding carboxylic acids is 1. The fourth-order valence-corrected chi connectivity index (χ4v) is 2.14. The molecule has 0 saturated carbocycles. The number of amides is 1. The van der Waals surface area contributed by atoms with E-state index in [-0.39, 0.29) is 12.3 Å². The number of ether oxygens (including phenoxy) is 1. The molecule has 1 amide bonds. The van der Waals surface area contributed by atoms with E-state index < -0.39 is 11.7 Å². The standard InChI is InChI=1S/C15H17ClN2O3/c1-15(2,3)21-14(20)18-8-9-7-11(16)10-5-4-6-17-12(10)13(9)19/h4-7,19H,8H2,1-3H3,(H,18,20). The third kappa shape index (κ3) is 3.76. The van der Waals surface area contributed by atoms with Gasteiger partial charge in [0.2, 0.25) is 0 Å². The molecule has 0 atom stereocenters. The van der Waals surface area contributed by atoms with Crippen LogP contribution >= 0.6 is 11.6 Å². The zero-order valence-corrected chi connectivity index (χ0v) is 12.9. The van der Waals surface area contributed by atoms with Gasteiger partial charge in [-0.3, -0.25) is 4.98 Å². The average Bonchev–Trinajstić information content (AvgIpc) is 2.39. The zero-order valence-electron chi connectivity index (χ0n) is 12.1. The number of hydrogen-bond acceptors (Lipinski definition) is 4. The zero-order chi connectivity index (χ0) is 15.6. The molecular formula is C15H17ClN2O3. The molecule has 0 bridgehead atoms. The number of phenolic OH excluding ortho intramolecular Hbond substituents is 1. The minimum Gasteiger partial charge on any atom is -0.505 e. The molecule has 0 aliphatic carbocycles. The molecule has 2 N–H and O–H groups in total. The Kier molecular flexibility index (Phi) is 4.23. The highest BCUT2D eigenvalue weighted by Crippen LogP contribution is 2.32. The molecule has 21 heavy (non-hydrogen) atoms. The first-order valence-electron chi connectivity index (χ1n) is 6.50. The Hall–Kier alpha value is -2.01. The highest BCUT2D eigenvalue weighted by molar-refractivity contribution is 6.35. The van der Waals surface area contributed by atoms with Crippen LogP contribution in [0.3, 0.4) is 0 Å². The summed E-state index contributed by atoms with van der Waals surface area (Å²) in [6.45, 7) is 5.44. The van der Waals surface area contributed by atoms with Gasteiger partial charge in [0, 0.05) is 23.7 Å². The van der Waals surface area contributed by atoms with Crippen LogP contribution in [-0.4, -0.2) is 21.8 Å². The number of rotatable bonds is 2. The first-order valence-corrected chi connectivity index (χ1v) is 6.87. The number of alkyl carbamates (subject to hydrolysis) is 1. The Morgan fingerprint density at radius 3 is 2.86 bits per heavy atom. The summed E-state index contributed by atoms with van der Waals surface area (Å²) >= 11 is 6.16. The van der Waals surface area contributed by atoms with Gasteiger partial charge in [-0.1, -0.05) is 11.6 Å². The molecule has 6 heteroatoms. The Morgan fingerprint density at radius 1 is 1.48 bits per heavy atom. The normalized spacial score (nSPS) is 11.4. The van der Waals surface area contributed by atoms with Crippen molar-refractivity contribution < 1.29 is 14.6 Å². The molecule has 0 spiro atoms. The van der Waals surface area contributed by atoms with E-state index in [1.807, 2.05) is 0 Å². The first-order chi connectivity index (χ1) is 9.78. The number of fused-ring (bicyclic) bond motifs is 1. The summed E-state index contributed by atoms with van der Waals surface area (Å²) in [7, 11) is 0. The fraction of sp³-hybridized carbons (Fsp3) is 0.333. The van der Waals surface area contributed by atoms with Crippen molar-refractivity contribution in [1.29, 1.82) is 0 Å². The number of aromatic hydroxyl groups is 1. The molecule has 0 saturated heterocycles. The lowest BCUT2D eigenvalue weighted by Gasteiger charge is -2.20. The third-order valence-corrected chi connectivity index (χ3v) is 3.03. The van der Waals surface area contributed by atoms with Crippen molar-refractivity contribution in [2.75, 3.05) is 0 Å². The van der Waals surface area contributed by atoms with Gasteiger partial charge in [0.1, 0.15) is 16.9 Å². The Morgan fingerprint density at radius 2 is 2.19 bits per heavy atom. The Bertz CT molecular complexity index is 680. The van der Waals surface area contributed by atoms with Gasteiger partial charge in [0.25, 0.3) is 0 Å². The summed E-state index contributed by atoms with van der Waals surface area (Å²) in [5.74, 6) is 0.00561. The van der Waals surface area contributed by atoms with E-state index in [0.717, 1.165) is 0 Å². The van der Waals surface area contributed by atoms with E-state index in [4.69, 9.17) is 16.3 Å². The first kappa shape index (κ1) is 15.4. The van der Waals surface area contributed by atoms with Gasteiger partial charge in [-0.25, -0.2) is 4.79 Å². The number of nitrogens with zero attached hydrogens (tertiary/aromatic N) is 1. The van der Waals surface area contributed by atoms with Gasteiger partial charge in [-0.05, 0) is 39.0 Å². The van der Waals surface area contributed by atoms with Crippen molar-refractivity contribution in [3.05, 3.63) is 35.0 Å². The minimum absolute atomic E-state index is 0.00561. The van der Waals surface area contributed by atoms with Crippen molar-refractivity contribution in [2.24, 2.45) is 0 Å². The van der Waals surface area contributed by atoms with Crippen LogP contribution in [0.25, 0.3) is 10.9 Å². The number of hydrogen-bond donors (Lipinski definition) is 2. The molecule has 0 unspecified atom stereocenters. The highest BCUT2D eigenvalue weighted by Gasteiger charge is 2.17. The number of pyridine rings is 1. The molecule has 0 aliphatic heterocycles. The number of benzene rings is 1. The monoisotopic (exact) mass is 308 g/mol. The molecule has 1 aromatic carbocycles. The molecule has 0 fully saturated rings. The van der Waals surface area contributed by atoms with Gasteiger partial charge < -0.3 is 15.2 Å². The number of phenols is 1. The van der Waals surface area contributed by atoms with E-state index >= 15 is 0 Å². The average molecular weight is 309 g/mol. The molecule has 0 radical (unpaired) electrons. The minimum atomic E-state index is -0.575. The molecular weight excluding hydrogens is 292 g/mol. The van der Waals surface area contributed by atoms with E-state index in [1.54, 1.807) is 45.2 Å². The van der Waals surface area contributed by atoms with Crippen LogP contribution in [0.2, 0.25) is 5.02 Å². The van der Waals surface area contributed by atoms with Gasteiger partial charge >= 0.3 is 6.09 Å². The number of halogens is 1. The Balaban J connectivity index is 2.20. The fourth-order valence-electron chi connectivity index (χ4n) is 1.85. The lowest BCUT2D eigenvalue weighted by Crippen LogP contribution is -2.32. The Labute approximate surface area is 127 Å². The molecule has 2 rings (SSSR count). The summed E-state index contributed by atoms with van der Waals surface area (Å²) in [4.78, 5) is 15.7. The van der Waals surface area contributed by atoms with Crippen LogP contribution < -0.4 is 5.32 Å². The maximum atomic E-state index is 11.6. The highest BCUT2D eigenvalue weighted by atomic mass is 35.5. The predicted octanol–water partition coefficient (Wildman–Crippen LogP) is 3.62. The second-order valence-corrected chi connectivity index (χ2v) is 6.03. The number of aromatic nitrogens is 1. The van der Waals surface area contributed by atoms with E-state index in [2.05, 4.69) is 10.3 Å². The van der Waals surface area contributed by atoms with Crippen LogP contribution in [0.15, 0.2) is 24.4 Å². The van der Waals surface area contributed by atoms with Crippen molar-refractivity contribution in [3.8, 4) is 5.75 Å². The second-order valence-electron chi connectivity index (χ2n) is 5.62. The summed E-state index contributed by atoms with van der Waals surface area (Å²) in [5, 5.41) is 13.9. The van der Waals surface area contributed by atoms with E-state index in [9.17, 15) is 9.90 Å². The smallest absolute Gasteiger partial charge is 0.407 e. The van der Waals surface area contributed by atoms with Crippen LogP contribution in [0.5, 0.6) is 5.75 Å². The summed E-state index contributed by atoms with van der Waals surface area (Å²) in [6, 6.07) is 5.13. The van der Waals surface area contributed by atoms with E-state index in [0.29, 0.717) is 21.5 Å². The topological polar surface area (TPSA) is 71.5 Å². The maximum Gasteiger partial charge on any atom is 0.407 e. The molecule has 1 heterocycles. The van der Waals surface area contributed by atoms with Crippen molar-refractivity contribution in [3.63, 3.8) is 0 Å². The summed E-state index contributed by atoms with van der Waals surface area (Å²) in [6.07, 6.45) is 1.02. The molecule has 1 aromatic heterocycles. The van der Waals surface area contributed by atoms with E-state index in [1.165, 1.54) is 0 Å². The molecule has 5 nitrogen and oxygen atoms in total. The largest absolute Gasteiger partial charge is 0.505 e. The molecule has 2 aromatic rings. The molecule has 0 aliphatic rings. The summed E-state index contributed by atoms with van der Waals surface area (Å²) in [5.41, 5.74) is 0.317. The maximum absolute atomic E-state index is 11.6. The number of carbonyl (C=O) groups is 1. The molecule has 112 valence electrons. The lowest BCUT2D eigenvalue weighted by atomic mass is 10.1. The van der Waals surface area contributed by atoms with Crippen LogP contribution in [0.1, 0.15) is 26.3 Å². The van der Waals surface area contributed by atoms with Crippen LogP contribution in [0.4, 0.5) is 4.79 Å². The van der Waals surface area contributed by atoms with Crippen molar-refractivity contribution in [2.45, 2.75) is 32.9 Å².